The van der Waals surface area contributed by atoms with Crippen molar-refractivity contribution < 1.29 is 13.9 Å². The highest BCUT2D eigenvalue weighted by Crippen LogP contribution is 2.20. The number of benzene rings is 1. The maximum Gasteiger partial charge on any atom is 0.224 e. The summed E-state index contributed by atoms with van der Waals surface area (Å²) in [5.41, 5.74) is 1.75. The van der Waals surface area contributed by atoms with E-state index in [4.69, 9.17) is 9.15 Å². The molecular weight excluding hydrogens is 254 g/mol. The first-order chi connectivity index (χ1) is 9.66. The van der Waals surface area contributed by atoms with Crippen LogP contribution in [-0.4, -0.2) is 25.2 Å². The summed E-state index contributed by atoms with van der Waals surface area (Å²) in [7, 11) is 0. The molecule has 0 aliphatic carbocycles. The van der Waals surface area contributed by atoms with E-state index in [1.807, 2.05) is 38.1 Å². The molecule has 0 fully saturated rings. The maximum absolute atomic E-state index is 11.9. The van der Waals surface area contributed by atoms with E-state index in [-0.39, 0.29) is 12.0 Å². The zero-order chi connectivity index (χ0) is 14.4. The SMILES string of the molecule is CC(C)OCCCNC(=O)Cc1coc2ccccc12. The molecule has 1 amide bonds. The lowest BCUT2D eigenvalue weighted by Crippen LogP contribution is -2.27. The molecule has 0 radical (unpaired) electrons. The fourth-order valence-corrected chi connectivity index (χ4v) is 2.02. The van der Waals surface area contributed by atoms with E-state index in [9.17, 15) is 4.79 Å². The van der Waals surface area contributed by atoms with Gasteiger partial charge in [-0.1, -0.05) is 18.2 Å². The molecule has 0 atom stereocenters. The van der Waals surface area contributed by atoms with E-state index in [2.05, 4.69) is 5.32 Å². The number of hydrogen-bond acceptors (Lipinski definition) is 3. The Morgan fingerprint density at radius 2 is 2.15 bits per heavy atom. The van der Waals surface area contributed by atoms with Crippen molar-refractivity contribution >= 4 is 16.9 Å². The van der Waals surface area contributed by atoms with E-state index in [1.54, 1.807) is 6.26 Å². The van der Waals surface area contributed by atoms with Gasteiger partial charge in [-0.2, -0.15) is 0 Å². The molecular formula is C16H21NO3. The highest BCUT2D eigenvalue weighted by molar-refractivity contribution is 5.87. The molecule has 0 saturated heterocycles. The fourth-order valence-electron chi connectivity index (χ4n) is 2.02. The van der Waals surface area contributed by atoms with Crippen LogP contribution in [0.2, 0.25) is 0 Å². The molecule has 4 nitrogen and oxygen atoms in total. The third-order valence-electron chi connectivity index (χ3n) is 3.01. The summed E-state index contributed by atoms with van der Waals surface area (Å²) < 4.78 is 10.8. The van der Waals surface area contributed by atoms with Gasteiger partial charge in [0.1, 0.15) is 5.58 Å². The van der Waals surface area contributed by atoms with Gasteiger partial charge in [0.25, 0.3) is 0 Å². The van der Waals surface area contributed by atoms with Crippen LogP contribution in [0.1, 0.15) is 25.8 Å². The van der Waals surface area contributed by atoms with Gasteiger partial charge >= 0.3 is 0 Å². The summed E-state index contributed by atoms with van der Waals surface area (Å²) in [6, 6.07) is 7.74. The van der Waals surface area contributed by atoms with Gasteiger partial charge in [-0.25, -0.2) is 0 Å². The van der Waals surface area contributed by atoms with Crippen molar-refractivity contribution in [1.29, 1.82) is 0 Å². The summed E-state index contributed by atoms with van der Waals surface area (Å²) in [6.07, 6.45) is 3.08. The van der Waals surface area contributed by atoms with Crippen LogP contribution in [-0.2, 0) is 16.0 Å². The summed E-state index contributed by atoms with van der Waals surface area (Å²) in [5, 5.41) is 3.90. The lowest BCUT2D eigenvalue weighted by molar-refractivity contribution is -0.120. The molecule has 1 heterocycles. The predicted molar refractivity (Wildman–Crippen MR) is 78.6 cm³/mol. The molecule has 2 aromatic rings. The highest BCUT2D eigenvalue weighted by atomic mass is 16.5. The van der Waals surface area contributed by atoms with Crippen molar-refractivity contribution in [2.45, 2.75) is 32.8 Å². The molecule has 0 saturated carbocycles. The minimum absolute atomic E-state index is 0.0149. The quantitative estimate of drug-likeness (QED) is 0.790. The monoisotopic (exact) mass is 275 g/mol. The third-order valence-corrected chi connectivity index (χ3v) is 3.01. The smallest absolute Gasteiger partial charge is 0.224 e. The molecule has 0 bridgehead atoms. The Morgan fingerprint density at radius 1 is 1.35 bits per heavy atom. The average molecular weight is 275 g/mol. The zero-order valence-electron chi connectivity index (χ0n) is 12.0. The van der Waals surface area contributed by atoms with Crippen molar-refractivity contribution in [3.05, 3.63) is 36.1 Å². The first-order valence-corrected chi connectivity index (χ1v) is 7.00. The largest absolute Gasteiger partial charge is 0.464 e. The van der Waals surface area contributed by atoms with Gasteiger partial charge in [-0.3, -0.25) is 4.79 Å². The Morgan fingerprint density at radius 3 is 2.95 bits per heavy atom. The number of para-hydroxylation sites is 1. The molecule has 1 N–H and O–H groups in total. The van der Waals surface area contributed by atoms with E-state index in [0.29, 0.717) is 19.6 Å². The number of amides is 1. The summed E-state index contributed by atoms with van der Waals surface area (Å²) >= 11 is 0. The fraction of sp³-hybridized carbons (Fsp3) is 0.438. The molecule has 1 aromatic carbocycles. The van der Waals surface area contributed by atoms with E-state index < -0.39 is 0 Å². The molecule has 20 heavy (non-hydrogen) atoms. The van der Waals surface area contributed by atoms with Crippen LogP contribution in [0.4, 0.5) is 0 Å². The minimum Gasteiger partial charge on any atom is -0.464 e. The van der Waals surface area contributed by atoms with Gasteiger partial charge in [-0.05, 0) is 26.3 Å². The normalized spacial score (nSPS) is 11.2. The van der Waals surface area contributed by atoms with Crippen LogP contribution < -0.4 is 5.32 Å². The first kappa shape index (κ1) is 14.6. The van der Waals surface area contributed by atoms with Crippen LogP contribution in [0, 0.1) is 0 Å². The number of carbonyl (C=O) groups is 1. The van der Waals surface area contributed by atoms with Crippen molar-refractivity contribution in [1.82, 2.24) is 5.32 Å². The molecule has 0 aliphatic heterocycles. The maximum atomic E-state index is 11.9. The Labute approximate surface area is 119 Å². The lowest BCUT2D eigenvalue weighted by Gasteiger charge is -2.08. The molecule has 0 unspecified atom stereocenters. The van der Waals surface area contributed by atoms with Crippen LogP contribution in [0.5, 0.6) is 0 Å². The van der Waals surface area contributed by atoms with Gasteiger partial charge < -0.3 is 14.5 Å². The highest BCUT2D eigenvalue weighted by Gasteiger charge is 2.09. The number of nitrogens with one attached hydrogen (secondary N) is 1. The van der Waals surface area contributed by atoms with Gasteiger partial charge in [0.15, 0.2) is 0 Å². The van der Waals surface area contributed by atoms with Crippen LogP contribution in [0.25, 0.3) is 11.0 Å². The Balaban J connectivity index is 1.77. The number of rotatable bonds is 7. The molecule has 2 rings (SSSR count). The van der Waals surface area contributed by atoms with Crippen molar-refractivity contribution in [2.24, 2.45) is 0 Å². The van der Waals surface area contributed by atoms with Gasteiger partial charge in [-0.15, -0.1) is 0 Å². The molecule has 0 aliphatic rings. The Kier molecular flexibility index (Phi) is 5.18. The van der Waals surface area contributed by atoms with Crippen LogP contribution >= 0.6 is 0 Å². The number of furan rings is 1. The topological polar surface area (TPSA) is 51.5 Å². The summed E-state index contributed by atoms with van der Waals surface area (Å²) in [6.45, 7) is 5.32. The average Bonchev–Trinajstić information content (AvgIpc) is 2.81. The number of carbonyl (C=O) groups excluding carboxylic acids is 1. The second-order valence-electron chi connectivity index (χ2n) is 5.06. The van der Waals surface area contributed by atoms with Gasteiger partial charge in [0.05, 0.1) is 18.8 Å². The van der Waals surface area contributed by atoms with Crippen LogP contribution in [0.15, 0.2) is 34.9 Å². The molecule has 108 valence electrons. The summed E-state index contributed by atoms with van der Waals surface area (Å²) in [5.74, 6) is 0.0149. The van der Waals surface area contributed by atoms with Gasteiger partial charge in [0.2, 0.25) is 5.91 Å². The van der Waals surface area contributed by atoms with Gasteiger partial charge in [0, 0.05) is 24.1 Å². The van der Waals surface area contributed by atoms with E-state index >= 15 is 0 Å². The number of hydrogen-bond donors (Lipinski definition) is 1. The van der Waals surface area contributed by atoms with E-state index in [0.717, 1.165) is 23.0 Å². The van der Waals surface area contributed by atoms with E-state index in [1.165, 1.54) is 0 Å². The molecule has 4 heteroatoms. The number of fused-ring (bicyclic) bond motifs is 1. The zero-order valence-corrected chi connectivity index (χ0v) is 12.0. The summed E-state index contributed by atoms with van der Waals surface area (Å²) in [4.78, 5) is 11.9. The standard InChI is InChI=1S/C16H21NO3/c1-12(2)19-9-5-8-17-16(18)10-13-11-20-15-7-4-3-6-14(13)15/h3-4,6-7,11-12H,5,8-10H2,1-2H3,(H,17,18). The third kappa shape index (κ3) is 4.10. The first-order valence-electron chi connectivity index (χ1n) is 7.00. The van der Waals surface area contributed by atoms with Crippen molar-refractivity contribution in [3.63, 3.8) is 0 Å². The van der Waals surface area contributed by atoms with Crippen molar-refractivity contribution in [3.8, 4) is 0 Å². The molecule has 1 aromatic heterocycles. The molecule has 0 spiro atoms. The Bertz CT molecular complexity index is 560. The second-order valence-corrected chi connectivity index (χ2v) is 5.06. The lowest BCUT2D eigenvalue weighted by atomic mass is 10.1. The predicted octanol–water partition coefficient (Wildman–Crippen LogP) is 2.91. The minimum atomic E-state index is 0.0149. The second kappa shape index (κ2) is 7.10. The Hall–Kier alpha value is -1.81. The number of ether oxygens (including phenoxy) is 1. The van der Waals surface area contributed by atoms with Crippen LogP contribution in [0.3, 0.4) is 0 Å². The van der Waals surface area contributed by atoms with Crippen molar-refractivity contribution in [2.75, 3.05) is 13.2 Å².